The topological polar surface area (TPSA) is 77.9 Å². The number of esters is 1. The Bertz CT molecular complexity index is 746. The summed E-state index contributed by atoms with van der Waals surface area (Å²) in [4.78, 5) is 28.3. The molecule has 0 saturated carbocycles. The van der Waals surface area contributed by atoms with E-state index in [1.54, 1.807) is 55.2 Å². The van der Waals surface area contributed by atoms with Crippen LogP contribution in [0.3, 0.4) is 0 Å². The van der Waals surface area contributed by atoms with Gasteiger partial charge in [-0.1, -0.05) is 18.2 Å². The smallest absolute Gasteiger partial charge is 0.338 e. The summed E-state index contributed by atoms with van der Waals surface area (Å²) in [6.07, 6.45) is 8.09. The summed E-state index contributed by atoms with van der Waals surface area (Å²) in [5.74, 6) is 0.0270. The number of nitrogens with zero attached hydrogens (tertiary/aromatic N) is 4. The van der Waals surface area contributed by atoms with Crippen molar-refractivity contribution in [3.05, 3.63) is 72.7 Å². The van der Waals surface area contributed by atoms with Crippen LogP contribution in [0.1, 0.15) is 16.2 Å². The lowest BCUT2D eigenvalue weighted by molar-refractivity contribution is 0.0462. The van der Waals surface area contributed by atoms with Crippen molar-refractivity contribution in [2.45, 2.75) is 6.61 Å². The van der Waals surface area contributed by atoms with Crippen LogP contribution < -0.4 is 0 Å². The van der Waals surface area contributed by atoms with E-state index in [1.807, 2.05) is 6.07 Å². The fraction of sp³-hybridized carbons (Fsp3) is 0.0625. The predicted molar refractivity (Wildman–Crippen MR) is 78.6 cm³/mol. The van der Waals surface area contributed by atoms with Gasteiger partial charge in [-0.25, -0.2) is 14.8 Å². The highest BCUT2D eigenvalue weighted by molar-refractivity contribution is 5.89. The average Bonchev–Trinajstić information content (AvgIpc) is 2.61. The standard InChI is InChI=1S/C16H12N4O2/c21-16(12-4-2-1-3-5-12)22-11-15-19-8-13(9-20-15)14-10-17-6-7-18-14/h1-10H,11H2. The van der Waals surface area contributed by atoms with Gasteiger partial charge in [-0.2, -0.15) is 0 Å². The molecule has 0 aliphatic carbocycles. The first-order chi connectivity index (χ1) is 10.8. The molecule has 108 valence electrons. The van der Waals surface area contributed by atoms with Gasteiger partial charge in [0.25, 0.3) is 0 Å². The highest BCUT2D eigenvalue weighted by atomic mass is 16.5. The van der Waals surface area contributed by atoms with Crippen molar-refractivity contribution in [2.24, 2.45) is 0 Å². The van der Waals surface area contributed by atoms with Crippen LogP contribution in [0.2, 0.25) is 0 Å². The van der Waals surface area contributed by atoms with Gasteiger partial charge in [0.15, 0.2) is 12.4 Å². The van der Waals surface area contributed by atoms with Gasteiger partial charge < -0.3 is 4.74 Å². The van der Waals surface area contributed by atoms with Gasteiger partial charge in [0.2, 0.25) is 0 Å². The van der Waals surface area contributed by atoms with E-state index >= 15 is 0 Å². The van der Waals surface area contributed by atoms with Crippen LogP contribution in [0.15, 0.2) is 61.3 Å². The van der Waals surface area contributed by atoms with Crippen LogP contribution in [0.25, 0.3) is 11.3 Å². The molecule has 1 aromatic carbocycles. The first-order valence-electron chi connectivity index (χ1n) is 6.62. The zero-order valence-corrected chi connectivity index (χ0v) is 11.6. The van der Waals surface area contributed by atoms with Crippen molar-refractivity contribution < 1.29 is 9.53 Å². The third kappa shape index (κ3) is 3.29. The van der Waals surface area contributed by atoms with Crippen molar-refractivity contribution in [3.63, 3.8) is 0 Å². The minimum Gasteiger partial charge on any atom is -0.454 e. The van der Waals surface area contributed by atoms with Crippen molar-refractivity contribution >= 4 is 5.97 Å². The zero-order valence-electron chi connectivity index (χ0n) is 11.6. The van der Waals surface area contributed by atoms with Crippen LogP contribution >= 0.6 is 0 Å². The normalized spacial score (nSPS) is 10.2. The number of hydrogen-bond acceptors (Lipinski definition) is 6. The third-order valence-corrected chi connectivity index (χ3v) is 2.91. The summed E-state index contributed by atoms with van der Waals surface area (Å²) in [5.41, 5.74) is 1.94. The molecule has 0 N–H and O–H groups in total. The summed E-state index contributed by atoms with van der Waals surface area (Å²) in [5, 5.41) is 0. The number of carbonyl (C=O) groups is 1. The lowest BCUT2D eigenvalue weighted by atomic mass is 10.2. The molecule has 3 aromatic rings. The molecule has 0 radical (unpaired) electrons. The predicted octanol–water partition coefficient (Wildman–Crippen LogP) is 2.29. The van der Waals surface area contributed by atoms with E-state index in [0.29, 0.717) is 17.1 Å². The average molecular weight is 292 g/mol. The number of rotatable bonds is 4. The van der Waals surface area contributed by atoms with Gasteiger partial charge in [-0.15, -0.1) is 0 Å². The molecule has 0 atom stereocenters. The van der Waals surface area contributed by atoms with E-state index in [9.17, 15) is 4.79 Å². The van der Waals surface area contributed by atoms with Crippen LogP contribution in [0.4, 0.5) is 0 Å². The zero-order chi connectivity index (χ0) is 15.2. The Balaban J connectivity index is 1.63. The molecule has 2 aromatic heterocycles. The SMILES string of the molecule is O=C(OCc1ncc(-c2cnccn2)cn1)c1ccccc1. The molecule has 0 amide bonds. The first-order valence-corrected chi connectivity index (χ1v) is 6.62. The summed E-state index contributed by atoms with van der Waals surface area (Å²) < 4.78 is 5.17. The molecule has 2 heterocycles. The Morgan fingerprint density at radius 3 is 2.41 bits per heavy atom. The van der Waals surface area contributed by atoms with Gasteiger partial charge in [0.1, 0.15) is 0 Å². The van der Waals surface area contributed by atoms with Crippen LogP contribution in [0.5, 0.6) is 0 Å². The molecule has 0 aliphatic heterocycles. The summed E-state index contributed by atoms with van der Waals surface area (Å²) >= 11 is 0. The van der Waals surface area contributed by atoms with Gasteiger partial charge in [0.05, 0.1) is 17.5 Å². The molecule has 0 unspecified atom stereocenters. The quantitative estimate of drug-likeness (QED) is 0.686. The fourth-order valence-electron chi connectivity index (χ4n) is 1.80. The van der Waals surface area contributed by atoms with E-state index in [-0.39, 0.29) is 6.61 Å². The molecule has 0 bridgehead atoms. The van der Waals surface area contributed by atoms with Gasteiger partial charge >= 0.3 is 5.97 Å². The Hall–Kier alpha value is -3.15. The second-order valence-electron chi connectivity index (χ2n) is 4.42. The molecule has 0 spiro atoms. The largest absolute Gasteiger partial charge is 0.454 e. The first kappa shape index (κ1) is 13.8. The molecule has 6 nitrogen and oxygen atoms in total. The number of aromatic nitrogens is 4. The second-order valence-corrected chi connectivity index (χ2v) is 4.42. The van der Waals surface area contributed by atoms with Crippen molar-refractivity contribution in [3.8, 4) is 11.3 Å². The molecule has 0 aliphatic rings. The van der Waals surface area contributed by atoms with Crippen LogP contribution in [0, 0.1) is 0 Å². The molecule has 22 heavy (non-hydrogen) atoms. The maximum absolute atomic E-state index is 11.8. The summed E-state index contributed by atoms with van der Waals surface area (Å²) in [7, 11) is 0. The molecule has 3 rings (SSSR count). The summed E-state index contributed by atoms with van der Waals surface area (Å²) in [6.45, 7) is 0.0223. The van der Waals surface area contributed by atoms with Gasteiger partial charge in [0, 0.05) is 30.4 Å². The van der Waals surface area contributed by atoms with Crippen LogP contribution in [-0.2, 0) is 11.3 Å². The van der Waals surface area contributed by atoms with Crippen molar-refractivity contribution in [1.82, 2.24) is 19.9 Å². The minimum atomic E-state index is -0.401. The molecule has 0 fully saturated rings. The number of carbonyl (C=O) groups excluding carboxylic acids is 1. The maximum atomic E-state index is 11.8. The third-order valence-electron chi connectivity index (χ3n) is 2.91. The molecule has 6 heteroatoms. The molecular formula is C16H12N4O2. The Morgan fingerprint density at radius 2 is 1.73 bits per heavy atom. The molecule has 0 saturated heterocycles. The van der Waals surface area contributed by atoms with E-state index < -0.39 is 5.97 Å². The Kier molecular flexibility index (Phi) is 4.10. The van der Waals surface area contributed by atoms with Crippen molar-refractivity contribution in [2.75, 3.05) is 0 Å². The number of benzene rings is 1. The lowest BCUT2D eigenvalue weighted by Gasteiger charge is -2.04. The van der Waals surface area contributed by atoms with E-state index in [4.69, 9.17) is 4.74 Å². The number of ether oxygens (including phenoxy) is 1. The fourth-order valence-corrected chi connectivity index (χ4v) is 1.80. The van der Waals surface area contributed by atoms with E-state index in [0.717, 1.165) is 5.56 Å². The monoisotopic (exact) mass is 292 g/mol. The highest BCUT2D eigenvalue weighted by Gasteiger charge is 2.08. The lowest BCUT2D eigenvalue weighted by Crippen LogP contribution is -2.07. The minimum absolute atomic E-state index is 0.0223. The Morgan fingerprint density at radius 1 is 0.955 bits per heavy atom. The summed E-state index contributed by atoms with van der Waals surface area (Å²) in [6, 6.07) is 8.79. The number of hydrogen-bond donors (Lipinski definition) is 0. The van der Waals surface area contributed by atoms with E-state index in [1.165, 1.54) is 0 Å². The van der Waals surface area contributed by atoms with Crippen molar-refractivity contribution in [1.29, 1.82) is 0 Å². The second kappa shape index (κ2) is 6.53. The van der Waals surface area contributed by atoms with Crippen LogP contribution in [-0.4, -0.2) is 25.9 Å². The highest BCUT2D eigenvalue weighted by Crippen LogP contribution is 2.12. The van der Waals surface area contributed by atoms with Gasteiger partial charge in [-0.3, -0.25) is 9.97 Å². The Labute approximate surface area is 126 Å². The maximum Gasteiger partial charge on any atom is 0.338 e. The molecular weight excluding hydrogens is 280 g/mol. The van der Waals surface area contributed by atoms with Gasteiger partial charge in [-0.05, 0) is 12.1 Å². The van der Waals surface area contributed by atoms with E-state index in [2.05, 4.69) is 19.9 Å².